The van der Waals surface area contributed by atoms with Crippen molar-refractivity contribution >= 4 is 35.3 Å². The van der Waals surface area contributed by atoms with E-state index in [0.29, 0.717) is 30.0 Å². The van der Waals surface area contributed by atoms with Crippen LogP contribution in [0.1, 0.15) is 46.9 Å². The zero-order valence-electron chi connectivity index (χ0n) is 18.7. The van der Waals surface area contributed by atoms with Crippen LogP contribution in [0.3, 0.4) is 0 Å². The molecular weight excluding hydrogens is 438 g/mol. The van der Waals surface area contributed by atoms with E-state index < -0.39 is 24.4 Å². The molecule has 1 heterocycles. The minimum absolute atomic E-state index is 0.0995. The molecule has 1 saturated heterocycles. The Morgan fingerprint density at radius 3 is 2.38 bits per heavy atom. The van der Waals surface area contributed by atoms with E-state index in [9.17, 15) is 24.0 Å². The number of imide groups is 1. The predicted molar refractivity (Wildman–Crippen MR) is 121 cm³/mol. The minimum Gasteiger partial charge on any atom is -0.452 e. The minimum atomic E-state index is -0.795. The van der Waals surface area contributed by atoms with Gasteiger partial charge in [-0.2, -0.15) is 0 Å². The van der Waals surface area contributed by atoms with Crippen LogP contribution in [0, 0.1) is 17.8 Å². The highest BCUT2D eigenvalue weighted by molar-refractivity contribution is 6.22. The third kappa shape index (κ3) is 4.83. The summed E-state index contributed by atoms with van der Waals surface area (Å²) >= 11 is 0. The van der Waals surface area contributed by atoms with Gasteiger partial charge in [-0.05, 0) is 55.5 Å². The summed E-state index contributed by atoms with van der Waals surface area (Å²) in [5.74, 6) is -2.74. The van der Waals surface area contributed by atoms with Crippen molar-refractivity contribution in [3.63, 3.8) is 0 Å². The van der Waals surface area contributed by atoms with Crippen molar-refractivity contribution in [2.45, 2.75) is 26.2 Å². The fourth-order valence-corrected chi connectivity index (χ4v) is 4.45. The Bertz CT molecular complexity index is 1130. The maximum absolute atomic E-state index is 12.9. The van der Waals surface area contributed by atoms with Crippen molar-refractivity contribution in [1.82, 2.24) is 10.9 Å². The number of carbonyl (C=O) groups excluding carboxylic acids is 5. The Balaban J connectivity index is 1.34. The van der Waals surface area contributed by atoms with Crippen molar-refractivity contribution in [2.75, 3.05) is 11.5 Å². The van der Waals surface area contributed by atoms with E-state index in [-0.39, 0.29) is 29.2 Å². The smallest absolute Gasteiger partial charge is 0.338 e. The number of anilines is 1. The maximum Gasteiger partial charge on any atom is 0.338 e. The summed E-state index contributed by atoms with van der Waals surface area (Å²) in [5, 5.41) is 0. The number of esters is 1. The zero-order valence-corrected chi connectivity index (χ0v) is 18.7. The lowest BCUT2D eigenvalue weighted by atomic mass is 9.76. The van der Waals surface area contributed by atoms with Crippen LogP contribution in [0.2, 0.25) is 0 Å². The monoisotopic (exact) mass is 463 g/mol. The van der Waals surface area contributed by atoms with Crippen LogP contribution in [0.5, 0.6) is 0 Å². The van der Waals surface area contributed by atoms with Gasteiger partial charge in [0.25, 0.3) is 11.8 Å². The number of rotatable bonds is 5. The molecule has 0 bridgehead atoms. The third-order valence-corrected chi connectivity index (χ3v) is 6.21. The Kier molecular flexibility index (Phi) is 6.72. The molecule has 2 N–H and O–H groups in total. The van der Waals surface area contributed by atoms with Gasteiger partial charge in [0.15, 0.2) is 6.61 Å². The van der Waals surface area contributed by atoms with Gasteiger partial charge in [-0.25, -0.2) is 4.79 Å². The molecule has 9 heteroatoms. The van der Waals surface area contributed by atoms with Crippen LogP contribution in [-0.2, 0) is 19.1 Å². The van der Waals surface area contributed by atoms with E-state index in [4.69, 9.17) is 4.74 Å². The summed E-state index contributed by atoms with van der Waals surface area (Å²) in [6.45, 7) is 1.46. The van der Waals surface area contributed by atoms with Crippen LogP contribution in [0.15, 0.2) is 54.6 Å². The van der Waals surface area contributed by atoms with Gasteiger partial charge in [0.05, 0.1) is 23.1 Å². The molecule has 2 aromatic carbocycles. The average Bonchev–Trinajstić information content (AvgIpc) is 3.10. The highest BCUT2D eigenvalue weighted by atomic mass is 16.5. The molecule has 1 aliphatic heterocycles. The average molecular weight is 463 g/mol. The molecule has 3 atom stereocenters. The first kappa shape index (κ1) is 23.2. The predicted octanol–water partition coefficient (Wildman–Crippen LogP) is 2.23. The first-order valence-corrected chi connectivity index (χ1v) is 11.1. The van der Waals surface area contributed by atoms with Gasteiger partial charge in [-0.3, -0.25) is 34.9 Å². The van der Waals surface area contributed by atoms with Gasteiger partial charge >= 0.3 is 5.97 Å². The van der Waals surface area contributed by atoms with Gasteiger partial charge < -0.3 is 4.74 Å². The number of nitrogens with one attached hydrogen (secondary N) is 2. The SMILES string of the molecule is C[C@@H]1CC[C@@H]2C(=O)N(c3cccc(C(=O)OCC(=O)NNC(=O)c4ccccc4)c3)C(=O)[C@H]2C1. The molecule has 1 aliphatic carbocycles. The Morgan fingerprint density at radius 2 is 1.62 bits per heavy atom. The molecular formula is C25H25N3O6. The molecule has 2 aliphatic rings. The second-order valence-corrected chi connectivity index (χ2v) is 8.64. The topological polar surface area (TPSA) is 122 Å². The lowest BCUT2D eigenvalue weighted by Crippen LogP contribution is -2.43. The molecule has 0 aromatic heterocycles. The zero-order chi connectivity index (χ0) is 24.2. The fourth-order valence-electron chi connectivity index (χ4n) is 4.45. The number of nitrogens with zero attached hydrogens (tertiary/aromatic N) is 1. The van der Waals surface area contributed by atoms with Gasteiger partial charge in [-0.1, -0.05) is 31.2 Å². The molecule has 0 radical (unpaired) electrons. The van der Waals surface area contributed by atoms with Crippen molar-refractivity contribution < 1.29 is 28.7 Å². The number of benzene rings is 2. The first-order chi connectivity index (χ1) is 16.3. The second-order valence-electron chi connectivity index (χ2n) is 8.64. The third-order valence-electron chi connectivity index (χ3n) is 6.21. The van der Waals surface area contributed by atoms with Crippen molar-refractivity contribution in [3.8, 4) is 0 Å². The molecule has 176 valence electrons. The number of ether oxygens (including phenoxy) is 1. The molecule has 4 rings (SSSR count). The van der Waals surface area contributed by atoms with Crippen LogP contribution in [-0.4, -0.2) is 36.2 Å². The van der Waals surface area contributed by atoms with Crippen LogP contribution in [0.25, 0.3) is 0 Å². The van der Waals surface area contributed by atoms with Crippen LogP contribution < -0.4 is 15.8 Å². The molecule has 2 aromatic rings. The summed E-state index contributed by atoms with van der Waals surface area (Å²) in [6, 6.07) is 14.3. The lowest BCUT2D eigenvalue weighted by molar-refractivity contribution is -0.125. The lowest BCUT2D eigenvalue weighted by Gasteiger charge is -2.25. The first-order valence-electron chi connectivity index (χ1n) is 11.1. The molecule has 1 saturated carbocycles. The van der Waals surface area contributed by atoms with Gasteiger partial charge in [-0.15, -0.1) is 0 Å². The van der Waals surface area contributed by atoms with E-state index in [0.717, 1.165) is 11.3 Å². The van der Waals surface area contributed by atoms with Crippen LogP contribution >= 0.6 is 0 Å². The quantitative estimate of drug-likeness (QED) is 0.398. The Hall–Kier alpha value is -4.01. The molecule has 0 unspecified atom stereocenters. The number of hydrogen-bond acceptors (Lipinski definition) is 6. The summed E-state index contributed by atoms with van der Waals surface area (Å²) < 4.78 is 5.02. The number of hydrazine groups is 1. The standard InChI is InChI=1S/C25H25N3O6/c1-15-10-11-19-20(12-15)24(32)28(23(19)31)18-9-5-8-17(13-18)25(33)34-14-21(29)26-27-22(30)16-6-3-2-4-7-16/h2-9,13,15,19-20H,10-12,14H2,1H3,(H,26,29)(H,27,30)/t15-,19+,20+/m1/s1. The highest BCUT2D eigenvalue weighted by Gasteiger charge is 2.50. The van der Waals surface area contributed by atoms with Gasteiger partial charge in [0, 0.05) is 5.56 Å². The molecule has 34 heavy (non-hydrogen) atoms. The normalized spacial score (nSPS) is 21.6. The number of carbonyl (C=O) groups is 5. The van der Waals surface area contributed by atoms with Crippen molar-refractivity contribution in [1.29, 1.82) is 0 Å². The second kappa shape index (κ2) is 9.86. The molecule has 0 spiro atoms. The summed E-state index contributed by atoms with van der Waals surface area (Å²) in [6.07, 6.45) is 2.28. The number of hydrogen-bond donors (Lipinski definition) is 2. The Labute approximate surface area is 196 Å². The van der Waals surface area contributed by atoms with E-state index >= 15 is 0 Å². The van der Waals surface area contributed by atoms with E-state index in [1.807, 2.05) is 0 Å². The van der Waals surface area contributed by atoms with Gasteiger partial charge in [0.1, 0.15) is 0 Å². The van der Waals surface area contributed by atoms with Gasteiger partial charge in [0.2, 0.25) is 11.8 Å². The molecule has 9 nitrogen and oxygen atoms in total. The van der Waals surface area contributed by atoms with E-state index in [1.54, 1.807) is 42.5 Å². The van der Waals surface area contributed by atoms with Crippen molar-refractivity contribution in [2.24, 2.45) is 17.8 Å². The summed E-state index contributed by atoms with van der Waals surface area (Å²) in [5.41, 5.74) is 5.18. The fraction of sp³-hybridized carbons (Fsp3) is 0.320. The largest absolute Gasteiger partial charge is 0.452 e. The van der Waals surface area contributed by atoms with E-state index in [1.165, 1.54) is 12.1 Å². The van der Waals surface area contributed by atoms with Crippen LogP contribution in [0.4, 0.5) is 5.69 Å². The van der Waals surface area contributed by atoms with Crippen molar-refractivity contribution in [3.05, 3.63) is 65.7 Å². The summed E-state index contributed by atoms with van der Waals surface area (Å²) in [4.78, 5) is 63.3. The summed E-state index contributed by atoms with van der Waals surface area (Å²) in [7, 11) is 0. The number of fused-ring (bicyclic) bond motifs is 1. The number of amides is 4. The molecule has 4 amide bonds. The Morgan fingerprint density at radius 1 is 0.912 bits per heavy atom. The maximum atomic E-state index is 12.9. The molecule has 2 fully saturated rings. The highest BCUT2D eigenvalue weighted by Crippen LogP contribution is 2.42. The van der Waals surface area contributed by atoms with E-state index in [2.05, 4.69) is 17.8 Å².